The van der Waals surface area contributed by atoms with Crippen molar-refractivity contribution in [3.8, 4) is 0 Å². The molecular weight excluding hydrogens is 507 g/mol. The summed E-state index contributed by atoms with van der Waals surface area (Å²) in [6, 6.07) is 21.7. The molecule has 0 radical (unpaired) electrons. The fourth-order valence-electron chi connectivity index (χ4n) is 5.95. The fraction of sp³-hybridized carbons (Fsp3) is 0.222. The average Bonchev–Trinajstić information content (AvgIpc) is 3.12. The van der Waals surface area contributed by atoms with Gasteiger partial charge < -0.3 is 5.32 Å². The lowest BCUT2D eigenvalue weighted by atomic mass is 9.54. The maximum Gasteiger partial charge on any atom is 0.235 e. The smallest absolute Gasteiger partial charge is 0.235 e. The molecule has 2 bridgehead atoms. The Balaban J connectivity index is 1.35. The number of imide groups is 1. The van der Waals surface area contributed by atoms with Crippen LogP contribution in [0.15, 0.2) is 72.8 Å². The molecule has 7 rings (SSSR count). The van der Waals surface area contributed by atoms with E-state index >= 15 is 0 Å². The molecule has 1 fully saturated rings. The first-order chi connectivity index (χ1) is 16.8. The summed E-state index contributed by atoms with van der Waals surface area (Å²) in [5, 5.41) is 3.24. The summed E-state index contributed by atoms with van der Waals surface area (Å²) in [6.07, 6.45) is -0.0616. The van der Waals surface area contributed by atoms with E-state index in [2.05, 4.69) is 5.32 Å². The van der Waals surface area contributed by atoms with E-state index in [1.165, 1.54) is 0 Å². The highest BCUT2D eigenvalue weighted by molar-refractivity contribution is 6.36. The predicted octanol–water partition coefficient (Wildman–Crippen LogP) is 5.26. The van der Waals surface area contributed by atoms with Crippen LogP contribution in [0.1, 0.15) is 28.7 Å². The van der Waals surface area contributed by atoms with Crippen molar-refractivity contribution in [1.82, 2.24) is 4.90 Å². The highest BCUT2D eigenvalue weighted by Gasteiger charge is 2.72. The summed E-state index contributed by atoms with van der Waals surface area (Å²) in [4.78, 5) is 38.8. The summed E-state index contributed by atoms with van der Waals surface area (Å²) in [5.74, 6) is -2.87. The SMILES string of the molecule is O=C(CCN1C(=O)[C@@H]2[C@@H](C1=O)C1(Cl)c3ccccc3C2(Cl)c2ccccc21)Nc1cccc(Cl)c1. The van der Waals surface area contributed by atoms with Gasteiger partial charge in [0.25, 0.3) is 0 Å². The number of halogens is 3. The molecule has 2 atom stereocenters. The second-order valence-corrected chi connectivity index (χ2v) is 10.7. The first kappa shape index (κ1) is 22.6. The van der Waals surface area contributed by atoms with Crippen molar-refractivity contribution in [2.45, 2.75) is 16.2 Å². The fourth-order valence-corrected chi connectivity index (χ4v) is 7.24. The monoisotopic (exact) mass is 524 g/mol. The molecule has 0 unspecified atom stereocenters. The summed E-state index contributed by atoms with van der Waals surface area (Å²) in [5.41, 5.74) is 3.53. The lowest BCUT2D eigenvalue weighted by Gasteiger charge is -2.54. The predicted molar refractivity (Wildman–Crippen MR) is 135 cm³/mol. The zero-order valence-electron chi connectivity index (χ0n) is 18.3. The molecule has 3 aliphatic carbocycles. The van der Waals surface area contributed by atoms with E-state index in [1.54, 1.807) is 24.3 Å². The lowest BCUT2D eigenvalue weighted by Crippen LogP contribution is -2.57. The van der Waals surface area contributed by atoms with Gasteiger partial charge in [-0.05, 0) is 40.5 Å². The van der Waals surface area contributed by atoms with Gasteiger partial charge in [0.1, 0.15) is 9.75 Å². The van der Waals surface area contributed by atoms with E-state index in [1.807, 2.05) is 48.5 Å². The van der Waals surface area contributed by atoms with E-state index in [4.69, 9.17) is 34.8 Å². The molecule has 4 aliphatic rings. The molecule has 3 amide bonds. The van der Waals surface area contributed by atoms with Crippen LogP contribution >= 0.6 is 34.8 Å². The molecule has 176 valence electrons. The van der Waals surface area contributed by atoms with Gasteiger partial charge >= 0.3 is 0 Å². The van der Waals surface area contributed by atoms with Gasteiger partial charge in [0.05, 0.1) is 11.8 Å². The summed E-state index contributed by atoms with van der Waals surface area (Å²) in [7, 11) is 0. The number of anilines is 1. The lowest BCUT2D eigenvalue weighted by molar-refractivity contribution is -0.140. The van der Waals surface area contributed by atoms with Crippen molar-refractivity contribution in [2.24, 2.45) is 11.8 Å². The number of nitrogens with zero attached hydrogens (tertiary/aromatic N) is 1. The standard InChI is InChI=1S/C27H19Cl3N2O3/c28-15-6-5-7-16(14-15)31-21(33)12-13-32-24(34)22-23(25(32)35)27(30)18-9-2-1-8-17(18)26(22,29)19-10-3-4-11-20(19)27/h1-11,14,22-23H,12-13H2,(H,31,33)/t22-,23-,26?,27?/m0/s1. The maximum absolute atomic E-state index is 13.7. The molecule has 1 aliphatic heterocycles. The second kappa shape index (κ2) is 7.82. The van der Waals surface area contributed by atoms with Gasteiger partial charge in [0.15, 0.2) is 0 Å². The summed E-state index contributed by atoms with van der Waals surface area (Å²) in [6.45, 7) is -0.0658. The van der Waals surface area contributed by atoms with Gasteiger partial charge in [-0.1, -0.05) is 66.2 Å². The van der Waals surface area contributed by atoms with Gasteiger partial charge in [-0.3, -0.25) is 19.3 Å². The number of carbonyl (C=O) groups is 3. The van der Waals surface area contributed by atoms with Crippen LogP contribution in [0, 0.1) is 11.8 Å². The minimum absolute atomic E-state index is 0.0616. The number of rotatable bonds is 4. The number of likely N-dealkylation sites (tertiary alicyclic amines) is 1. The number of hydrogen-bond acceptors (Lipinski definition) is 3. The Kier molecular flexibility index (Phi) is 5.05. The minimum Gasteiger partial charge on any atom is -0.326 e. The Labute approximate surface area is 217 Å². The Bertz CT molecular complexity index is 1300. The van der Waals surface area contributed by atoms with Crippen LogP contribution < -0.4 is 5.32 Å². The Hall–Kier alpha value is -2.86. The third kappa shape index (κ3) is 2.98. The number of amides is 3. The van der Waals surface area contributed by atoms with Crippen molar-refractivity contribution in [3.63, 3.8) is 0 Å². The van der Waals surface area contributed by atoms with Crippen LogP contribution in [-0.2, 0) is 24.1 Å². The van der Waals surface area contributed by atoms with Crippen LogP contribution in [0.4, 0.5) is 5.69 Å². The van der Waals surface area contributed by atoms with Gasteiger partial charge in [-0.15, -0.1) is 23.2 Å². The molecule has 0 aromatic heterocycles. The number of nitrogens with one attached hydrogen (secondary N) is 1. The van der Waals surface area contributed by atoms with E-state index in [0.717, 1.165) is 27.2 Å². The zero-order chi connectivity index (χ0) is 24.5. The number of hydrogen-bond donors (Lipinski definition) is 1. The van der Waals surface area contributed by atoms with E-state index < -0.39 is 33.4 Å². The van der Waals surface area contributed by atoms with Crippen molar-refractivity contribution >= 4 is 58.2 Å². The van der Waals surface area contributed by atoms with Gasteiger partial charge in [-0.2, -0.15) is 0 Å². The second-order valence-electron chi connectivity index (χ2n) is 9.11. The largest absolute Gasteiger partial charge is 0.326 e. The van der Waals surface area contributed by atoms with Crippen LogP contribution in [-0.4, -0.2) is 29.2 Å². The highest BCUT2D eigenvalue weighted by Crippen LogP contribution is 2.69. The molecule has 1 saturated heterocycles. The third-order valence-corrected chi connectivity index (χ3v) is 8.87. The van der Waals surface area contributed by atoms with Gasteiger partial charge in [-0.25, -0.2) is 0 Å². The van der Waals surface area contributed by atoms with Crippen molar-refractivity contribution in [3.05, 3.63) is 100 Å². The molecule has 0 saturated carbocycles. The average molecular weight is 526 g/mol. The molecule has 1 heterocycles. The number of carbonyl (C=O) groups excluding carboxylic acids is 3. The molecule has 3 aromatic carbocycles. The third-order valence-electron chi connectivity index (χ3n) is 7.35. The Morgan fingerprint density at radius 3 is 1.74 bits per heavy atom. The highest BCUT2D eigenvalue weighted by atomic mass is 35.5. The molecular formula is C27H19Cl3N2O3. The molecule has 1 N–H and O–H groups in total. The first-order valence-electron chi connectivity index (χ1n) is 11.3. The normalized spacial score (nSPS) is 27.9. The van der Waals surface area contributed by atoms with Crippen LogP contribution in [0.3, 0.4) is 0 Å². The van der Waals surface area contributed by atoms with Crippen molar-refractivity contribution < 1.29 is 14.4 Å². The molecule has 3 aromatic rings. The van der Waals surface area contributed by atoms with Gasteiger partial charge in [0.2, 0.25) is 17.7 Å². The van der Waals surface area contributed by atoms with Crippen molar-refractivity contribution in [2.75, 3.05) is 11.9 Å². The number of benzene rings is 3. The van der Waals surface area contributed by atoms with Gasteiger partial charge in [0, 0.05) is 23.7 Å². The topological polar surface area (TPSA) is 66.5 Å². The molecule has 0 spiro atoms. The quantitative estimate of drug-likeness (QED) is 0.373. The van der Waals surface area contributed by atoms with Crippen LogP contribution in [0.5, 0.6) is 0 Å². The Morgan fingerprint density at radius 1 is 0.800 bits per heavy atom. The van der Waals surface area contributed by atoms with Crippen molar-refractivity contribution in [1.29, 1.82) is 0 Å². The molecule has 35 heavy (non-hydrogen) atoms. The van der Waals surface area contributed by atoms with E-state index in [9.17, 15) is 14.4 Å². The van der Waals surface area contributed by atoms with E-state index in [-0.39, 0.29) is 18.9 Å². The summed E-state index contributed by atoms with van der Waals surface area (Å²) >= 11 is 20.7. The first-order valence-corrected chi connectivity index (χ1v) is 12.4. The Morgan fingerprint density at radius 2 is 1.29 bits per heavy atom. The summed E-state index contributed by atoms with van der Waals surface area (Å²) < 4.78 is 0. The molecule has 8 heteroatoms. The number of alkyl halides is 2. The van der Waals surface area contributed by atoms with E-state index in [0.29, 0.717) is 10.7 Å². The zero-order valence-corrected chi connectivity index (χ0v) is 20.6. The van der Waals surface area contributed by atoms with Crippen LogP contribution in [0.25, 0.3) is 0 Å². The van der Waals surface area contributed by atoms with Crippen LogP contribution in [0.2, 0.25) is 5.02 Å². The minimum atomic E-state index is -1.22. The molecule has 5 nitrogen and oxygen atoms in total. The maximum atomic E-state index is 13.7.